The van der Waals surface area contributed by atoms with Crippen LogP contribution in [-0.4, -0.2) is 50.3 Å². The smallest absolute Gasteiger partial charge is 0.405 e. The van der Waals surface area contributed by atoms with E-state index < -0.39 is 6.09 Å². The standard InChI is InChI=1S/C21H25NO2.C4H8N2O3/c1-24-19-13-7-6-12-18(19)20(23)22-16-21(14-8-3-9-15-21)17-10-4-2-5-11-17;1-5-3(7)2-6-4(8)9/h2,4-7,10-13H,3,8-9,14-16H2,1H3,(H,22,23);6H,2H2,1H3,(H,5,7)(H,8,9). The Kier molecular flexibility index (Phi) is 10.2. The summed E-state index contributed by atoms with van der Waals surface area (Å²) in [5, 5.41) is 15.3. The van der Waals surface area contributed by atoms with Gasteiger partial charge >= 0.3 is 6.09 Å². The van der Waals surface area contributed by atoms with Crippen molar-refractivity contribution < 1.29 is 24.2 Å². The first-order valence-electron chi connectivity index (χ1n) is 11.1. The molecule has 33 heavy (non-hydrogen) atoms. The molecule has 1 aliphatic carbocycles. The van der Waals surface area contributed by atoms with Gasteiger partial charge in [-0.2, -0.15) is 0 Å². The molecule has 0 unspecified atom stereocenters. The van der Waals surface area contributed by atoms with Gasteiger partial charge in [0.15, 0.2) is 0 Å². The third-order valence-corrected chi connectivity index (χ3v) is 5.81. The summed E-state index contributed by atoms with van der Waals surface area (Å²) in [7, 11) is 3.03. The molecule has 4 N–H and O–H groups in total. The number of rotatable bonds is 7. The van der Waals surface area contributed by atoms with Gasteiger partial charge in [0.25, 0.3) is 5.91 Å². The van der Waals surface area contributed by atoms with Gasteiger partial charge in [-0.1, -0.05) is 61.7 Å². The number of para-hydroxylation sites is 1. The van der Waals surface area contributed by atoms with E-state index >= 15 is 0 Å². The Morgan fingerprint density at radius 1 is 0.939 bits per heavy atom. The third kappa shape index (κ3) is 7.82. The van der Waals surface area contributed by atoms with Gasteiger partial charge in [-0.3, -0.25) is 9.59 Å². The first-order chi connectivity index (χ1) is 15.9. The highest BCUT2D eigenvalue weighted by Gasteiger charge is 2.34. The van der Waals surface area contributed by atoms with Crippen LogP contribution in [0.3, 0.4) is 0 Å². The Bertz CT molecular complexity index is 911. The summed E-state index contributed by atoms with van der Waals surface area (Å²) in [5.41, 5.74) is 1.99. The lowest BCUT2D eigenvalue weighted by atomic mass is 9.69. The van der Waals surface area contributed by atoms with Gasteiger partial charge in [0.05, 0.1) is 19.2 Å². The zero-order valence-corrected chi connectivity index (χ0v) is 19.2. The second-order valence-corrected chi connectivity index (χ2v) is 7.92. The molecule has 0 bridgehead atoms. The van der Waals surface area contributed by atoms with Crippen molar-refractivity contribution in [3.05, 3.63) is 65.7 Å². The number of carbonyl (C=O) groups excluding carboxylic acids is 2. The molecule has 0 saturated heterocycles. The maximum Gasteiger partial charge on any atom is 0.405 e. The van der Waals surface area contributed by atoms with Crippen molar-refractivity contribution in [3.63, 3.8) is 0 Å². The number of likely N-dealkylation sites (N-methyl/N-ethyl adjacent to an activating group) is 1. The molecule has 178 valence electrons. The minimum absolute atomic E-state index is 0.0528. The van der Waals surface area contributed by atoms with Crippen LogP contribution in [-0.2, 0) is 10.2 Å². The third-order valence-electron chi connectivity index (χ3n) is 5.81. The fourth-order valence-electron chi connectivity index (χ4n) is 4.01. The van der Waals surface area contributed by atoms with Crippen LogP contribution >= 0.6 is 0 Å². The molecular formula is C25H33N3O5. The predicted molar refractivity (Wildman–Crippen MR) is 127 cm³/mol. The van der Waals surface area contributed by atoms with Crippen molar-refractivity contribution in [1.82, 2.24) is 16.0 Å². The Hall–Kier alpha value is -3.55. The van der Waals surface area contributed by atoms with Crippen molar-refractivity contribution in [2.24, 2.45) is 0 Å². The average Bonchev–Trinajstić information content (AvgIpc) is 2.87. The number of ether oxygens (including phenoxy) is 1. The zero-order valence-electron chi connectivity index (χ0n) is 19.2. The van der Waals surface area contributed by atoms with Crippen LogP contribution in [0.15, 0.2) is 54.6 Å². The Labute approximate surface area is 194 Å². The minimum atomic E-state index is -1.20. The summed E-state index contributed by atoms with van der Waals surface area (Å²) >= 11 is 0. The molecule has 1 fully saturated rings. The van der Waals surface area contributed by atoms with Gasteiger partial charge in [0.1, 0.15) is 5.75 Å². The van der Waals surface area contributed by atoms with E-state index in [2.05, 4.69) is 34.9 Å². The van der Waals surface area contributed by atoms with E-state index in [0.717, 1.165) is 12.8 Å². The van der Waals surface area contributed by atoms with E-state index in [9.17, 15) is 14.4 Å². The van der Waals surface area contributed by atoms with E-state index in [1.807, 2.05) is 35.6 Å². The van der Waals surface area contributed by atoms with E-state index in [4.69, 9.17) is 9.84 Å². The lowest BCUT2D eigenvalue weighted by Gasteiger charge is -2.38. The normalized spacial score (nSPS) is 14.1. The minimum Gasteiger partial charge on any atom is -0.496 e. The molecule has 2 aromatic rings. The van der Waals surface area contributed by atoms with Gasteiger partial charge in [-0.15, -0.1) is 0 Å². The molecule has 3 amide bonds. The van der Waals surface area contributed by atoms with Crippen molar-refractivity contribution in [3.8, 4) is 5.75 Å². The number of carboxylic acid groups (broad SMARTS) is 1. The fourth-order valence-corrected chi connectivity index (χ4v) is 4.01. The van der Waals surface area contributed by atoms with Crippen LogP contribution in [0.4, 0.5) is 4.79 Å². The summed E-state index contributed by atoms with van der Waals surface area (Å²) in [5.74, 6) is 0.207. The summed E-state index contributed by atoms with van der Waals surface area (Å²) in [6, 6.07) is 18.0. The largest absolute Gasteiger partial charge is 0.496 e. The number of hydrogen-bond acceptors (Lipinski definition) is 4. The first-order valence-corrected chi connectivity index (χ1v) is 11.1. The molecule has 1 saturated carbocycles. The molecule has 0 heterocycles. The Morgan fingerprint density at radius 3 is 2.18 bits per heavy atom. The lowest BCUT2D eigenvalue weighted by molar-refractivity contribution is -0.119. The molecule has 8 nitrogen and oxygen atoms in total. The molecule has 0 radical (unpaired) electrons. The zero-order chi connectivity index (χ0) is 24.1. The first kappa shape index (κ1) is 25.7. The SMILES string of the molecule is CNC(=O)CNC(=O)O.COc1ccccc1C(=O)NCC1(c2ccccc2)CCCCC1. The van der Waals surface area contributed by atoms with Crippen molar-refractivity contribution >= 4 is 17.9 Å². The van der Waals surface area contributed by atoms with Crippen molar-refractivity contribution in [2.45, 2.75) is 37.5 Å². The van der Waals surface area contributed by atoms with E-state index in [-0.39, 0.29) is 23.8 Å². The van der Waals surface area contributed by atoms with Gasteiger partial charge in [-0.05, 0) is 30.5 Å². The van der Waals surface area contributed by atoms with Crippen LogP contribution < -0.4 is 20.7 Å². The molecule has 0 atom stereocenters. The van der Waals surface area contributed by atoms with Gasteiger partial charge in [-0.25, -0.2) is 4.79 Å². The average molecular weight is 456 g/mol. The van der Waals surface area contributed by atoms with Crippen LogP contribution in [0.5, 0.6) is 5.75 Å². The predicted octanol–water partition coefficient (Wildman–Crippen LogP) is 3.33. The summed E-state index contributed by atoms with van der Waals surface area (Å²) in [6.07, 6.45) is 4.79. The molecule has 0 spiro atoms. The highest BCUT2D eigenvalue weighted by molar-refractivity contribution is 5.97. The molecule has 0 aromatic heterocycles. The highest BCUT2D eigenvalue weighted by Crippen LogP contribution is 2.39. The molecule has 0 aliphatic heterocycles. The molecular weight excluding hydrogens is 422 g/mol. The summed E-state index contributed by atoms with van der Waals surface area (Å²) in [6.45, 7) is 0.486. The Balaban J connectivity index is 0.000000365. The number of hydrogen-bond donors (Lipinski definition) is 4. The second-order valence-electron chi connectivity index (χ2n) is 7.92. The summed E-state index contributed by atoms with van der Waals surface area (Å²) < 4.78 is 5.31. The second kappa shape index (κ2) is 13.1. The van der Waals surface area contributed by atoms with Gasteiger partial charge in [0.2, 0.25) is 5.91 Å². The van der Waals surface area contributed by atoms with E-state index in [1.165, 1.54) is 31.9 Å². The molecule has 3 rings (SSSR count). The van der Waals surface area contributed by atoms with Gasteiger partial charge in [0, 0.05) is 19.0 Å². The van der Waals surface area contributed by atoms with Crippen molar-refractivity contribution in [1.29, 1.82) is 0 Å². The van der Waals surface area contributed by atoms with E-state index in [0.29, 0.717) is 17.9 Å². The van der Waals surface area contributed by atoms with Crippen LogP contribution in [0.1, 0.15) is 48.0 Å². The number of benzene rings is 2. The number of nitrogens with one attached hydrogen (secondary N) is 3. The molecule has 2 aromatic carbocycles. The topological polar surface area (TPSA) is 117 Å². The van der Waals surface area contributed by atoms with Crippen molar-refractivity contribution in [2.75, 3.05) is 27.2 Å². The van der Waals surface area contributed by atoms with Crippen LogP contribution in [0.25, 0.3) is 0 Å². The quantitative estimate of drug-likeness (QED) is 0.511. The molecule has 1 aliphatic rings. The monoisotopic (exact) mass is 455 g/mol. The number of carbonyl (C=O) groups is 3. The lowest BCUT2D eigenvalue weighted by Crippen LogP contribution is -2.42. The fraction of sp³-hybridized carbons (Fsp3) is 0.400. The molecule has 8 heteroatoms. The number of methoxy groups -OCH3 is 1. The summed E-state index contributed by atoms with van der Waals surface area (Å²) in [4.78, 5) is 32.7. The maximum atomic E-state index is 12.6. The number of amides is 3. The van der Waals surface area contributed by atoms with Gasteiger partial charge < -0.3 is 25.8 Å². The van der Waals surface area contributed by atoms with Crippen LogP contribution in [0.2, 0.25) is 0 Å². The Morgan fingerprint density at radius 2 is 1.58 bits per heavy atom. The van der Waals surface area contributed by atoms with E-state index in [1.54, 1.807) is 7.11 Å². The van der Waals surface area contributed by atoms with Crippen LogP contribution in [0, 0.1) is 0 Å². The highest BCUT2D eigenvalue weighted by atomic mass is 16.5. The maximum absolute atomic E-state index is 12.6.